The highest BCUT2D eigenvalue weighted by Gasteiger charge is 2.02. The van der Waals surface area contributed by atoms with Gasteiger partial charge in [0.2, 0.25) is 0 Å². The molecule has 0 aliphatic carbocycles. The van der Waals surface area contributed by atoms with Crippen LogP contribution < -0.4 is 16.0 Å². The van der Waals surface area contributed by atoms with Crippen molar-refractivity contribution in [2.24, 2.45) is 4.99 Å². The van der Waals surface area contributed by atoms with Crippen LogP contribution in [-0.4, -0.2) is 31.1 Å². The molecule has 2 aromatic rings. The first kappa shape index (κ1) is 21.1. The van der Waals surface area contributed by atoms with Crippen LogP contribution in [0.2, 0.25) is 0 Å². The molecule has 1 aromatic carbocycles. The van der Waals surface area contributed by atoms with Gasteiger partial charge in [0.05, 0.1) is 0 Å². The Kier molecular flexibility index (Phi) is 10.5. The number of hydrogen-bond acceptors (Lipinski definition) is 3. The van der Waals surface area contributed by atoms with Crippen molar-refractivity contribution in [2.75, 3.05) is 25.5 Å². The van der Waals surface area contributed by atoms with Gasteiger partial charge in [0.1, 0.15) is 11.6 Å². The van der Waals surface area contributed by atoms with Gasteiger partial charge in [0, 0.05) is 38.4 Å². The summed E-state index contributed by atoms with van der Waals surface area (Å²) in [5, 5.41) is 9.62. The summed E-state index contributed by atoms with van der Waals surface area (Å²) in [5.74, 6) is 1.37. The molecule has 0 radical (unpaired) electrons. The summed E-state index contributed by atoms with van der Waals surface area (Å²) < 4.78 is 13.6. The monoisotopic (exact) mass is 457 g/mol. The lowest BCUT2D eigenvalue weighted by Gasteiger charge is -2.12. The number of nitrogens with zero attached hydrogens (tertiary/aromatic N) is 2. The zero-order valence-corrected chi connectivity index (χ0v) is 16.7. The molecular weight excluding hydrogens is 432 g/mol. The molecule has 0 unspecified atom stereocenters. The van der Waals surface area contributed by atoms with Gasteiger partial charge >= 0.3 is 0 Å². The van der Waals surface area contributed by atoms with E-state index in [1.807, 2.05) is 24.3 Å². The lowest BCUT2D eigenvalue weighted by atomic mass is 10.2. The van der Waals surface area contributed by atoms with Crippen molar-refractivity contribution >= 4 is 35.8 Å². The molecule has 7 heteroatoms. The van der Waals surface area contributed by atoms with Crippen molar-refractivity contribution in [3.63, 3.8) is 0 Å². The Morgan fingerprint density at radius 3 is 2.52 bits per heavy atom. The highest BCUT2D eigenvalue weighted by atomic mass is 127. The van der Waals surface area contributed by atoms with Crippen LogP contribution in [0.25, 0.3) is 0 Å². The molecule has 0 fully saturated rings. The summed E-state index contributed by atoms with van der Waals surface area (Å²) in [4.78, 5) is 8.36. The average Bonchev–Trinajstić information content (AvgIpc) is 2.62. The number of hydrogen-bond donors (Lipinski definition) is 3. The van der Waals surface area contributed by atoms with Crippen LogP contribution in [0.3, 0.4) is 0 Å². The molecule has 0 aliphatic heterocycles. The summed E-state index contributed by atoms with van der Waals surface area (Å²) >= 11 is 0. The number of anilines is 1. The van der Waals surface area contributed by atoms with E-state index >= 15 is 0 Å². The van der Waals surface area contributed by atoms with E-state index < -0.39 is 0 Å². The number of guanidine groups is 1. The van der Waals surface area contributed by atoms with Gasteiger partial charge in [-0.25, -0.2) is 9.37 Å². The third-order valence-electron chi connectivity index (χ3n) is 3.49. The number of halogens is 2. The summed E-state index contributed by atoms with van der Waals surface area (Å²) in [5.41, 5.74) is 0.625. The minimum Gasteiger partial charge on any atom is -0.370 e. The first-order valence-corrected chi connectivity index (χ1v) is 8.12. The fourth-order valence-corrected chi connectivity index (χ4v) is 2.18. The Morgan fingerprint density at radius 2 is 1.80 bits per heavy atom. The van der Waals surface area contributed by atoms with Crippen LogP contribution in [0.4, 0.5) is 10.2 Å². The second-order valence-corrected chi connectivity index (χ2v) is 5.29. The van der Waals surface area contributed by atoms with Crippen LogP contribution in [0.15, 0.2) is 53.7 Å². The molecule has 0 atom stereocenters. The molecule has 25 heavy (non-hydrogen) atoms. The maximum atomic E-state index is 13.6. The molecule has 1 heterocycles. The molecular formula is C18H25FIN5. The van der Waals surface area contributed by atoms with Crippen LogP contribution in [0.5, 0.6) is 0 Å². The predicted molar refractivity (Wildman–Crippen MR) is 112 cm³/mol. The van der Waals surface area contributed by atoms with E-state index in [2.05, 4.69) is 25.9 Å². The van der Waals surface area contributed by atoms with Crippen molar-refractivity contribution in [1.82, 2.24) is 15.6 Å². The van der Waals surface area contributed by atoms with Crippen molar-refractivity contribution < 1.29 is 4.39 Å². The number of pyridine rings is 1. The molecule has 1 aromatic heterocycles. The van der Waals surface area contributed by atoms with E-state index in [0.717, 1.165) is 31.7 Å². The summed E-state index contributed by atoms with van der Waals surface area (Å²) in [6, 6.07) is 12.5. The predicted octanol–water partition coefficient (Wildman–Crippen LogP) is 3.40. The maximum absolute atomic E-state index is 13.6. The first-order chi connectivity index (χ1) is 11.8. The van der Waals surface area contributed by atoms with Crippen molar-refractivity contribution in [1.29, 1.82) is 0 Å². The zero-order valence-electron chi connectivity index (χ0n) is 14.3. The lowest BCUT2D eigenvalue weighted by Crippen LogP contribution is -2.37. The standard InChI is InChI=1S/C18H24FN5.HI/c1-20-18(24-14-15-8-2-3-9-16(15)19)23-13-7-6-12-22-17-10-4-5-11-21-17;/h2-5,8-11H,6-7,12-14H2,1H3,(H,21,22)(H2,20,23,24);1H. The van der Waals surface area contributed by atoms with E-state index in [4.69, 9.17) is 0 Å². The van der Waals surface area contributed by atoms with E-state index in [1.54, 1.807) is 25.4 Å². The molecule has 5 nitrogen and oxygen atoms in total. The summed E-state index contributed by atoms with van der Waals surface area (Å²) in [6.07, 6.45) is 3.79. The fourth-order valence-electron chi connectivity index (χ4n) is 2.18. The zero-order chi connectivity index (χ0) is 17.0. The van der Waals surface area contributed by atoms with Crippen LogP contribution >= 0.6 is 24.0 Å². The van der Waals surface area contributed by atoms with Crippen molar-refractivity contribution in [3.8, 4) is 0 Å². The molecule has 2 rings (SSSR count). The average molecular weight is 457 g/mol. The van der Waals surface area contributed by atoms with Gasteiger partial charge in [-0.1, -0.05) is 24.3 Å². The van der Waals surface area contributed by atoms with Crippen LogP contribution in [0.1, 0.15) is 18.4 Å². The first-order valence-electron chi connectivity index (χ1n) is 8.12. The number of unbranched alkanes of at least 4 members (excludes halogenated alkanes) is 1. The third-order valence-corrected chi connectivity index (χ3v) is 3.49. The smallest absolute Gasteiger partial charge is 0.191 e. The van der Waals surface area contributed by atoms with E-state index in [9.17, 15) is 4.39 Å². The van der Waals surface area contributed by atoms with E-state index in [0.29, 0.717) is 18.1 Å². The quantitative estimate of drug-likeness (QED) is 0.246. The molecule has 0 saturated heterocycles. The van der Waals surface area contributed by atoms with Crippen molar-refractivity contribution in [3.05, 3.63) is 60.0 Å². The Bertz CT molecular complexity index is 636. The summed E-state index contributed by atoms with van der Waals surface area (Å²) in [6.45, 7) is 2.09. The van der Waals surface area contributed by atoms with E-state index in [-0.39, 0.29) is 29.8 Å². The number of aliphatic imine (C=N–C) groups is 1. The summed E-state index contributed by atoms with van der Waals surface area (Å²) in [7, 11) is 1.71. The minimum atomic E-state index is -0.207. The topological polar surface area (TPSA) is 61.3 Å². The number of rotatable bonds is 8. The largest absolute Gasteiger partial charge is 0.370 e. The highest BCUT2D eigenvalue weighted by Crippen LogP contribution is 2.05. The fraction of sp³-hybridized carbons (Fsp3) is 0.333. The Morgan fingerprint density at radius 1 is 1.04 bits per heavy atom. The Hall–Kier alpha value is -1.90. The van der Waals surface area contributed by atoms with Gasteiger partial charge in [-0.2, -0.15) is 0 Å². The second-order valence-electron chi connectivity index (χ2n) is 5.29. The van der Waals surface area contributed by atoms with Gasteiger partial charge in [0.25, 0.3) is 0 Å². The normalized spacial score (nSPS) is 10.7. The minimum absolute atomic E-state index is 0. The van der Waals surface area contributed by atoms with Gasteiger partial charge in [0.15, 0.2) is 5.96 Å². The molecule has 3 N–H and O–H groups in total. The number of nitrogens with one attached hydrogen (secondary N) is 3. The molecule has 136 valence electrons. The number of benzene rings is 1. The molecule has 0 saturated carbocycles. The third kappa shape index (κ3) is 8.15. The molecule has 0 amide bonds. The maximum Gasteiger partial charge on any atom is 0.191 e. The molecule has 0 bridgehead atoms. The number of aromatic nitrogens is 1. The van der Waals surface area contributed by atoms with Crippen LogP contribution in [-0.2, 0) is 6.54 Å². The van der Waals surface area contributed by atoms with E-state index in [1.165, 1.54) is 6.07 Å². The Labute approximate surface area is 165 Å². The SMILES string of the molecule is CN=C(NCCCCNc1ccccn1)NCc1ccccc1F.I. The molecule has 0 aliphatic rings. The second kappa shape index (κ2) is 12.5. The van der Waals surface area contributed by atoms with Gasteiger partial charge in [-0.3, -0.25) is 4.99 Å². The lowest BCUT2D eigenvalue weighted by molar-refractivity contribution is 0.604. The van der Waals surface area contributed by atoms with Gasteiger partial charge in [-0.15, -0.1) is 24.0 Å². The highest BCUT2D eigenvalue weighted by molar-refractivity contribution is 14.0. The van der Waals surface area contributed by atoms with Gasteiger partial charge < -0.3 is 16.0 Å². The van der Waals surface area contributed by atoms with Gasteiger partial charge in [-0.05, 0) is 31.0 Å². The van der Waals surface area contributed by atoms with Crippen LogP contribution in [0, 0.1) is 5.82 Å². The van der Waals surface area contributed by atoms with Crippen molar-refractivity contribution in [2.45, 2.75) is 19.4 Å². The Balaban J connectivity index is 0.00000312. The molecule has 0 spiro atoms.